The lowest BCUT2D eigenvalue weighted by Gasteiger charge is -2.23. The molecule has 0 spiro atoms. The molecule has 4 N–H and O–H groups in total. The number of rotatable bonds is 4. The standard InChI is InChI=1S/C13H21N3O3S/c1-9(12(17)15-13(2,3)4)16-20(18,19)11-7-5-10(14)6-8-11/h5-9,16H,14H2,1-4H3,(H,15,17). The molecule has 0 aliphatic heterocycles. The summed E-state index contributed by atoms with van der Waals surface area (Å²) >= 11 is 0. The van der Waals surface area contributed by atoms with E-state index in [0.717, 1.165) is 0 Å². The Kier molecular flexibility index (Phi) is 4.77. The van der Waals surface area contributed by atoms with Gasteiger partial charge in [0.05, 0.1) is 10.9 Å². The molecule has 0 heterocycles. The van der Waals surface area contributed by atoms with Gasteiger partial charge in [-0.05, 0) is 52.0 Å². The van der Waals surface area contributed by atoms with Crippen molar-refractivity contribution in [1.82, 2.24) is 10.0 Å². The van der Waals surface area contributed by atoms with Crippen LogP contribution < -0.4 is 15.8 Å². The van der Waals surface area contributed by atoms with Crippen molar-refractivity contribution in [1.29, 1.82) is 0 Å². The predicted octanol–water partition coefficient (Wildman–Crippen LogP) is 0.850. The van der Waals surface area contributed by atoms with Crippen molar-refractivity contribution in [3.63, 3.8) is 0 Å². The lowest BCUT2D eigenvalue weighted by molar-refractivity contribution is -0.123. The quantitative estimate of drug-likeness (QED) is 0.717. The Morgan fingerprint density at radius 1 is 1.20 bits per heavy atom. The van der Waals surface area contributed by atoms with Crippen LogP contribution in [0, 0.1) is 0 Å². The first-order valence-electron chi connectivity index (χ1n) is 6.21. The highest BCUT2D eigenvalue weighted by molar-refractivity contribution is 7.89. The Bertz CT molecular complexity index is 574. The van der Waals surface area contributed by atoms with Crippen molar-refractivity contribution >= 4 is 21.6 Å². The molecular weight excluding hydrogens is 278 g/mol. The molecule has 112 valence electrons. The first-order chi connectivity index (χ1) is 9.01. The third-order valence-corrected chi connectivity index (χ3v) is 3.97. The lowest BCUT2D eigenvalue weighted by Crippen LogP contribution is -2.50. The van der Waals surface area contributed by atoms with Gasteiger partial charge in [0.25, 0.3) is 0 Å². The number of anilines is 1. The molecule has 6 nitrogen and oxygen atoms in total. The third kappa shape index (κ3) is 4.82. The molecule has 1 aromatic rings. The zero-order chi connectivity index (χ0) is 15.6. The van der Waals surface area contributed by atoms with E-state index in [0.29, 0.717) is 5.69 Å². The van der Waals surface area contributed by atoms with E-state index in [1.165, 1.54) is 31.2 Å². The van der Waals surface area contributed by atoms with Crippen LogP contribution in [0.2, 0.25) is 0 Å². The zero-order valence-corrected chi connectivity index (χ0v) is 12.9. The molecule has 1 rings (SSSR count). The van der Waals surface area contributed by atoms with Crippen LogP contribution in [0.3, 0.4) is 0 Å². The van der Waals surface area contributed by atoms with Crippen molar-refractivity contribution < 1.29 is 13.2 Å². The average molecular weight is 299 g/mol. The van der Waals surface area contributed by atoms with Crippen molar-refractivity contribution in [2.24, 2.45) is 0 Å². The zero-order valence-electron chi connectivity index (χ0n) is 12.1. The summed E-state index contributed by atoms with van der Waals surface area (Å²) in [5, 5.41) is 2.72. The Labute approximate surface area is 119 Å². The Morgan fingerprint density at radius 2 is 1.70 bits per heavy atom. The summed E-state index contributed by atoms with van der Waals surface area (Å²) < 4.78 is 26.5. The number of carbonyl (C=O) groups is 1. The van der Waals surface area contributed by atoms with Crippen LogP contribution in [0.15, 0.2) is 29.2 Å². The fourth-order valence-corrected chi connectivity index (χ4v) is 2.68. The molecule has 0 aliphatic rings. The molecule has 0 saturated heterocycles. The minimum atomic E-state index is -3.74. The van der Waals surface area contributed by atoms with Crippen molar-refractivity contribution in [2.45, 2.75) is 44.2 Å². The van der Waals surface area contributed by atoms with Crippen LogP contribution in [0.4, 0.5) is 5.69 Å². The average Bonchev–Trinajstić information content (AvgIpc) is 2.26. The smallest absolute Gasteiger partial charge is 0.241 e. The van der Waals surface area contributed by atoms with Crippen molar-refractivity contribution in [3.8, 4) is 0 Å². The SMILES string of the molecule is CC(NS(=O)(=O)c1ccc(N)cc1)C(=O)NC(C)(C)C. The number of nitrogens with one attached hydrogen (secondary N) is 2. The second-order valence-corrected chi connectivity index (χ2v) is 7.37. The normalized spacial score (nSPS) is 13.8. The number of benzene rings is 1. The second kappa shape index (κ2) is 5.80. The fourth-order valence-electron chi connectivity index (χ4n) is 1.48. The molecular formula is C13H21N3O3S. The van der Waals surface area contributed by atoms with Crippen molar-refractivity contribution in [3.05, 3.63) is 24.3 Å². The first-order valence-corrected chi connectivity index (χ1v) is 7.69. The van der Waals surface area contributed by atoms with E-state index in [4.69, 9.17) is 5.73 Å². The Morgan fingerprint density at radius 3 is 2.15 bits per heavy atom. The maximum absolute atomic E-state index is 12.1. The van der Waals surface area contributed by atoms with Gasteiger partial charge in [-0.2, -0.15) is 4.72 Å². The van der Waals surface area contributed by atoms with Crippen LogP contribution >= 0.6 is 0 Å². The molecule has 0 aromatic heterocycles. The van der Waals surface area contributed by atoms with Gasteiger partial charge in [-0.15, -0.1) is 0 Å². The van der Waals surface area contributed by atoms with Crippen LogP contribution in [-0.4, -0.2) is 25.9 Å². The van der Waals surface area contributed by atoms with Crippen LogP contribution in [0.1, 0.15) is 27.7 Å². The minimum Gasteiger partial charge on any atom is -0.399 e. The highest BCUT2D eigenvalue weighted by atomic mass is 32.2. The summed E-state index contributed by atoms with van der Waals surface area (Å²) in [6, 6.07) is 4.91. The van der Waals surface area contributed by atoms with Gasteiger partial charge < -0.3 is 11.1 Å². The minimum absolute atomic E-state index is 0.0714. The summed E-state index contributed by atoms with van der Waals surface area (Å²) in [5.41, 5.74) is 5.57. The highest BCUT2D eigenvalue weighted by Crippen LogP contribution is 2.12. The van der Waals surface area contributed by atoms with Gasteiger partial charge >= 0.3 is 0 Å². The molecule has 0 fully saturated rings. The maximum atomic E-state index is 12.1. The molecule has 20 heavy (non-hydrogen) atoms. The second-order valence-electron chi connectivity index (χ2n) is 5.65. The predicted molar refractivity (Wildman–Crippen MR) is 78.5 cm³/mol. The number of amides is 1. The van der Waals surface area contributed by atoms with E-state index in [1.54, 1.807) is 0 Å². The summed E-state index contributed by atoms with van der Waals surface area (Å²) in [6.07, 6.45) is 0. The van der Waals surface area contributed by atoms with E-state index in [2.05, 4.69) is 10.0 Å². The maximum Gasteiger partial charge on any atom is 0.241 e. The Balaban J connectivity index is 2.81. The first kappa shape index (κ1) is 16.5. The summed E-state index contributed by atoms with van der Waals surface area (Å²) in [4.78, 5) is 11.9. The number of nitrogens with two attached hydrogens (primary N) is 1. The number of sulfonamides is 1. The van der Waals surface area contributed by atoms with Crippen LogP contribution in [0.5, 0.6) is 0 Å². The number of carbonyl (C=O) groups excluding carboxylic acids is 1. The molecule has 1 amide bonds. The molecule has 1 aromatic carbocycles. The molecule has 0 saturated carbocycles. The topological polar surface area (TPSA) is 101 Å². The number of hydrogen-bond donors (Lipinski definition) is 3. The van der Waals surface area contributed by atoms with Crippen LogP contribution in [-0.2, 0) is 14.8 Å². The van der Waals surface area contributed by atoms with E-state index in [9.17, 15) is 13.2 Å². The van der Waals surface area contributed by atoms with E-state index >= 15 is 0 Å². The van der Waals surface area contributed by atoms with Gasteiger partial charge in [0.1, 0.15) is 0 Å². The molecule has 7 heteroatoms. The Hall–Kier alpha value is -1.60. The van der Waals surface area contributed by atoms with E-state index in [-0.39, 0.29) is 10.8 Å². The third-order valence-electron chi connectivity index (χ3n) is 2.41. The molecule has 1 unspecified atom stereocenters. The summed E-state index contributed by atoms with van der Waals surface area (Å²) in [5.74, 6) is -0.378. The van der Waals surface area contributed by atoms with Gasteiger partial charge in [-0.3, -0.25) is 4.79 Å². The molecule has 0 aliphatic carbocycles. The monoisotopic (exact) mass is 299 g/mol. The van der Waals surface area contributed by atoms with E-state index < -0.39 is 21.6 Å². The molecule has 1 atom stereocenters. The van der Waals surface area contributed by atoms with Crippen molar-refractivity contribution in [2.75, 3.05) is 5.73 Å². The molecule has 0 radical (unpaired) electrons. The van der Waals surface area contributed by atoms with Gasteiger partial charge in [0.2, 0.25) is 15.9 Å². The van der Waals surface area contributed by atoms with Crippen LogP contribution in [0.25, 0.3) is 0 Å². The summed E-state index contributed by atoms with van der Waals surface area (Å²) in [7, 11) is -3.74. The fraction of sp³-hybridized carbons (Fsp3) is 0.462. The highest BCUT2D eigenvalue weighted by Gasteiger charge is 2.24. The van der Waals surface area contributed by atoms with Gasteiger partial charge in [-0.1, -0.05) is 0 Å². The largest absolute Gasteiger partial charge is 0.399 e. The lowest BCUT2D eigenvalue weighted by atomic mass is 10.1. The van der Waals surface area contributed by atoms with E-state index in [1.807, 2.05) is 20.8 Å². The molecule has 0 bridgehead atoms. The van der Waals surface area contributed by atoms with Gasteiger partial charge in [-0.25, -0.2) is 8.42 Å². The number of nitrogen functional groups attached to an aromatic ring is 1. The summed E-state index contributed by atoms with van der Waals surface area (Å²) in [6.45, 7) is 6.97. The number of hydrogen-bond acceptors (Lipinski definition) is 4. The van der Waals surface area contributed by atoms with Gasteiger partial charge in [0.15, 0.2) is 0 Å². The van der Waals surface area contributed by atoms with Gasteiger partial charge in [0, 0.05) is 11.2 Å².